The number of aliphatic imine (C=N–C) groups is 1. The van der Waals surface area contributed by atoms with E-state index in [-0.39, 0.29) is 0 Å². The average Bonchev–Trinajstić information content (AvgIpc) is 1.97. The molecule has 0 radical (unpaired) electrons. The van der Waals surface area contributed by atoms with Gasteiger partial charge in [-0.15, -0.1) is 0 Å². The topological polar surface area (TPSA) is 38.4 Å². The monoisotopic (exact) mass is 152 g/mol. The van der Waals surface area contributed by atoms with E-state index in [1.807, 2.05) is 6.92 Å². The van der Waals surface area contributed by atoms with Gasteiger partial charge in [-0.25, -0.2) is 0 Å². The Hall–Kier alpha value is -1.05. The zero-order chi connectivity index (χ0) is 8.69. The number of hydrogen-bond donors (Lipinski definition) is 1. The van der Waals surface area contributed by atoms with Crippen LogP contribution < -0.4 is 5.73 Å². The van der Waals surface area contributed by atoms with Crippen LogP contribution in [0.3, 0.4) is 0 Å². The number of allylic oxidation sites excluding steroid dienone is 2. The molecule has 2 nitrogen and oxygen atoms in total. The van der Waals surface area contributed by atoms with Gasteiger partial charge in [-0.3, -0.25) is 4.99 Å². The highest BCUT2D eigenvalue weighted by molar-refractivity contribution is 5.78. The predicted molar refractivity (Wildman–Crippen MR) is 50.5 cm³/mol. The van der Waals surface area contributed by atoms with E-state index in [9.17, 15) is 0 Å². The van der Waals surface area contributed by atoms with Crippen LogP contribution in [0.5, 0.6) is 0 Å². The second-order valence-corrected chi connectivity index (χ2v) is 2.49. The molecular formula is C9H16N2. The van der Waals surface area contributed by atoms with E-state index >= 15 is 0 Å². The molecule has 0 aliphatic heterocycles. The van der Waals surface area contributed by atoms with Crippen LogP contribution in [0.1, 0.15) is 26.7 Å². The first-order valence-electron chi connectivity index (χ1n) is 3.81. The van der Waals surface area contributed by atoms with Gasteiger partial charge < -0.3 is 5.73 Å². The van der Waals surface area contributed by atoms with Crippen LogP contribution in [0.15, 0.2) is 29.0 Å². The van der Waals surface area contributed by atoms with E-state index in [4.69, 9.17) is 5.73 Å². The Morgan fingerprint density at radius 2 is 2.27 bits per heavy atom. The first-order chi connectivity index (χ1) is 5.20. The Labute approximate surface area is 68.5 Å². The lowest BCUT2D eigenvalue weighted by Crippen LogP contribution is -1.90. The number of rotatable bonds is 4. The largest absolute Gasteiger partial charge is 0.404 e. The second kappa shape index (κ2) is 5.71. The minimum absolute atomic E-state index is 0.806. The third-order valence-corrected chi connectivity index (χ3v) is 1.20. The molecule has 2 N–H and O–H groups in total. The summed E-state index contributed by atoms with van der Waals surface area (Å²) < 4.78 is 0. The maximum atomic E-state index is 5.36. The summed E-state index contributed by atoms with van der Waals surface area (Å²) in [6.07, 6.45) is 5.43. The molecule has 2 heteroatoms. The van der Waals surface area contributed by atoms with Crippen LogP contribution in [-0.2, 0) is 0 Å². The quantitative estimate of drug-likeness (QED) is 0.616. The Balaban J connectivity index is 3.98. The van der Waals surface area contributed by atoms with E-state index in [0.29, 0.717) is 0 Å². The molecular weight excluding hydrogens is 136 g/mol. The minimum Gasteiger partial charge on any atom is -0.404 e. The van der Waals surface area contributed by atoms with Crippen molar-refractivity contribution in [2.75, 3.05) is 0 Å². The van der Waals surface area contributed by atoms with Crippen molar-refractivity contribution in [1.29, 1.82) is 0 Å². The minimum atomic E-state index is 0.806. The predicted octanol–water partition coefficient (Wildman–Crippen LogP) is 2.23. The molecule has 62 valence electrons. The van der Waals surface area contributed by atoms with Gasteiger partial charge in [0.15, 0.2) is 0 Å². The molecule has 0 amide bonds. The van der Waals surface area contributed by atoms with Crippen molar-refractivity contribution in [2.45, 2.75) is 26.7 Å². The summed E-state index contributed by atoms with van der Waals surface area (Å²) in [6.45, 7) is 7.62. The number of nitrogens with zero attached hydrogens (tertiary/aromatic N) is 1. The summed E-state index contributed by atoms with van der Waals surface area (Å²) in [6, 6.07) is 0. The molecule has 0 aliphatic rings. The van der Waals surface area contributed by atoms with Gasteiger partial charge in [0, 0.05) is 11.9 Å². The van der Waals surface area contributed by atoms with Gasteiger partial charge in [-0.05, 0) is 25.1 Å². The third-order valence-electron chi connectivity index (χ3n) is 1.20. The second-order valence-electron chi connectivity index (χ2n) is 2.49. The molecule has 0 fully saturated rings. The van der Waals surface area contributed by atoms with E-state index < -0.39 is 0 Å². The Bertz CT molecular complexity index is 178. The van der Waals surface area contributed by atoms with Crippen molar-refractivity contribution < 1.29 is 0 Å². The summed E-state index contributed by atoms with van der Waals surface area (Å²) in [7, 11) is 0. The summed E-state index contributed by atoms with van der Waals surface area (Å²) in [5, 5.41) is 0. The van der Waals surface area contributed by atoms with E-state index in [1.165, 1.54) is 0 Å². The fourth-order valence-corrected chi connectivity index (χ4v) is 0.673. The normalized spacial score (nSPS) is 12.4. The molecule has 0 aromatic heterocycles. The highest BCUT2D eigenvalue weighted by atomic mass is 14.7. The first-order valence-corrected chi connectivity index (χ1v) is 3.81. The molecule has 0 saturated carbocycles. The van der Waals surface area contributed by atoms with Crippen molar-refractivity contribution in [3.8, 4) is 0 Å². The van der Waals surface area contributed by atoms with Crippen LogP contribution in [0, 0.1) is 0 Å². The van der Waals surface area contributed by atoms with Gasteiger partial charge >= 0.3 is 0 Å². The summed E-state index contributed by atoms with van der Waals surface area (Å²) in [5.74, 6) is 0. The maximum absolute atomic E-state index is 5.36. The molecule has 0 heterocycles. The lowest BCUT2D eigenvalue weighted by molar-refractivity contribution is 0.935. The molecule has 0 aromatic rings. The van der Waals surface area contributed by atoms with Crippen LogP contribution in [0.25, 0.3) is 0 Å². The van der Waals surface area contributed by atoms with Crippen LogP contribution in [0.2, 0.25) is 0 Å². The van der Waals surface area contributed by atoms with Gasteiger partial charge in [0.2, 0.25) is 0 Å². The highest BCUT2D eigenvalue weighted by Gasteiger charge is 1.88. The SMILES string of the molecule is C=C(C)N=C/C(=C\N)CCC. The molecule has 11 heavy (non-hydrogen) atoms. The Kier molecular flexibility index (Phi) is 5.17. The Morgan fingerprint density at radius 3 is 2.64 bits per heavy atom. The molecule has 0 saturated heterocycles. The number of nitrogens with two attached hydrogens (primary N) is 1. The highest BCUT2D eigenvalue weighted by Crippen LogP contribution is 2.00. The summed E-state index contributed by atoms with van der Waals surface area (Å²) >= 11 is 0. The van der Waals surface area contributed by atoms with Gasteiger partial charge in [0.05, 0.1) is 0 Å². The van der Waals surface area contributed by atoms with Crippen LogP contribution >= 0.6 is 0 Å². The van der Waals surface area contributed by atoms with E-state index in [0.717, 1.165) is 24.1 Å². The van der Waals surface area contributed by atoms with Crippen molar-refractivity contribution in [1.82, 2.24) is 0 Å². The Morgan fingerprint density at radius 1 is 1.64 bits per heavy atom. The molecule has 0 aromatic carbocycles. The van der Waals surface area contributed by atoms with Gasteiger partial charge in [0.1, 0.15) is 0 Å². The van der Waals surface area contributed by atoms with Crippen LogP contribution in [0.4, 0.5) is 0 Å². The van der Waals surface area contributed by atoms with Crippen LogP contribution in [-0.4, -0.2) is 6.21 Å². The fourth-order valence-electron chi connectivity index (χ4n) is 0.673. The summed E-state index contributed by atoms with van der Waals surface area (Å²) in [5.41, 5.74) is 7.23. The van der Waals surface area contributed by atoms with Gasteiger partial charge in [-0.2, -0.15) is 0 Å². The maximum Gasteiger partial charge on any atom is 0.0317 e. The molecule has 0 spiro atoms. The molecule has 0 unspecified atom stereocenters. The lowest BCUT2D eigenvalue weighted by atomic mass is 10.2. The average molecular weight is 152 g/mol. The zero-order valence-electron chi connectivity index (χ0n) is 7.30. The van der Waals surface area contributed by atoms with Crippen molar-refractivity contribution in [3.05, 3.63) is 24.0 Å². The first kappa shape index (κ1) is 9.95. The van der Waals surface area contributed by atoms with Crippen molar-refractivity contribution in [2.24, 2.45) is 10.7 Å². The van der Waals surface area contributed by atoms with Crippen molar-refractivity contribution >= 4 is 6.21 Å². The third kappa shape index (κ3) is 5.40. The summed E-state index contributed by atoms with van der Waals surface area (Å²) in [4.78, 5) is 4.05. The van der Waals surface area contributed by atoms with Gasteiger partial charge in [0.25, 0.3) is 0 Å². The smallest absolute Gasteiger partial charge is 0.0317 e. The fraction of sp³-hybridized carbons (Fsp3) is 0.444. The van der Waals surface area contributed by atoms with E-state index in [1.54, 1.807) is 12.4 Å². The van der Waals surface area contributed by atoms with E-state index in [2.05, 4.69) is 18.5 Å². The van der Waals surface area contributed by atoms with Gasteiger partial charge in [-0.1, -0.05) is 19.9 Å². The zero-order valence-corrected chi connectivity index (χ0v) is 7.30. The number of hydrogen-bond acceptors (Lipinski definition) is 2. The standard InChI is InChI=1S/C9H16N2/c1-4-5-9(6-10)7-11-8(2)3/h6-7H,2,4-5,10H2,1,3H3/b9-6-,11-7?. The molecule has 0 aliphatic carbocycles. The lowest BCUT2D eigenvalue weighted by Gasteiger charge is -1.95. The molecule has 0 atom stereocenters. The molecule has 0 bridgehead atoms. The molecule has 0 rings (SSSR count). The van der Waals surface area contributed by atoms with Crippen molar-refractivity contribution in [3.63, 3.8) is 0 Å².